The Morgan fingerprint density at radius 3 is 3.18 bits per heavy atom. The van der Waals surface area contributed by atoms with Crippen LogP contribution >= 0.6 is 0 Å². The van der Waals surface area contributed by atoms with Crippen LogP contribution in [0.4, 0.5) is 0 Å². The highest BCUT2D eigenvalue weighted by atomic mass is 16.6. The zero-order chi connectivity index (χ0) is 8.10. The summed E-state index contributed by atoms with van der Waals surface area (Å²) < 4.78 is 4.76. The minimum atomic E-state index is -0.367. The van der Waals surface area contributed by atoms with E-state index in [4.69, 9.17) is 4.74 Å². The minimum absolute atomic E-state index is 0.302. The van der Waals surface area contributed by atoms with Crippen LogP contribution in [0, 0.1) is 0 Å². The van der Waals surface area contributed by atoms with E-state index in [1.54, 1.807) is 12.3 Å². The molecule has 0 fully saturated rings. The number of aliphatic imine (C=N–C) groups is 1. The van der Waals surface area contributed by atoms with E-state index in [9.17, 15) is 4.79 Å². The maximum Gasteiger partial charge on any atom is 0.332 e. The Hall–Kier alpha value is -1.12. The molecule has 1 aliphatic rings. The molecule has 1 rings (SSSR count). The number of rotatable bonds is 3. The van der Waals surface area contributed by atoms with E-state index in [0.717, 1.165) is 12.8 Å². The second kappa shape index (κ2) is 3.91. The van der Waals surface area contributed by atoms with Gasteiger partial charge in [-0.15, -0.1) is 0 Å². The molecule has 0 aromatic heterocycles. The van der Waals surface area contributed by atoms with Crippen molar-refractivity contribution >= 4 is 12.2 Å². The predicted molar refractivity (Wildman–Crippen MR) is 42.4 cm³/mol. The van der Waals surface area contributed by atoms with Crippen molar-refractivity contribution in [2.45, 2.75) is 26.0 Å². The zero-order valence-corrected chi connectivity index (χ0v) is 6.49. The van der Waals surface area contributed by atoms with Gasteiger partial charge in [-0.05, 0) is 12.5 Å². The quantitative estimate of drug-likeness (QED) is 0.452. The molecule has 1 heterocycles. The normalized spacial score (nSPS) is 23.0. The van der Waals surface area contributed by atoms with Crippen LogP contribution in [0.25, 0.3) is 0 Å². The Balaban J connectivity index is 2.29. The maximum atomic E-state index is 10.5. The van der Waals surface area contributed by atoms with E-state index in [1.807, 2.05) is 0 Å². The van der Waals surface area contributed by atoms with Gasteiger partial charge in [0.25, 0.3) is 0 Å². The number of carbonyl (C=O) groups excluding carboxylic acids is 1. The van der Waals surface area contributed by atoms with Crippen LogP contribution in [-0.2, 0) is 9.53 Å². The molecule has 0 aromatic carbocycles. The highest BCUT2D eigenvalue weighted by Crippen LogP contribution is 2.05. The topological polar surface area (TPSA) is 38.7 Å². The fourth-order valence-corrected chi connectivity index (χ4v) is 0.746. The number of ether oxygens (including phenoxy) is 1. The van der Waals surface area contributed by atoms with E-state index >= 15 is 0 Å². The molecule has 0 saturated carbocycles. The number of cyclic esters (lactones) is 1. The summed E-state index contributed by atoms with van der Waals surface area (Å²) in [4.78, 5) is 14.5. The lowest BCUT2D eigenvalue weighted by molar-refractivity contribution is -0.138. The molecule has 0 N–H and O–H groups in total. The van der Waals surface area contributed by atoms with Crippen LogP contribution in [0.3, 0.4) is 0 Å². The molecule has 1 unspecified atom stereocenters. The second-order valence-corrected chi connectivity index (χ2v) is 2.31. The van der Waals surface area contributed by atoms with Crippen molar-refractivity contribution in [1.29, 1.82) is 0 Å². The van der Waals surface area contributed by atoms with E-state index in [1.165, 1.54) is 6.08 Å². The number of carbonyl (C=O) groups is 1. The molecular weight excluding hydrogens is 142 g/mol. The van der Waals surface area contributed by atoms with Crippen LogP contribution in [-0.4, -0.2) is 18.4 Å². The smallest absolute Gasteiger partial charge is 0.332 e. The second-order valence-electron chi connectivity index (χ2n) is 2.31. The van der Waals surface area contributed by atoms with Crippen LogP contribution in [0.15, 0.2) is 17.1 Å². The first-order valence-electron chi connectivity index (χ1n) is 3.73. The molecule has 0 radical (unpaired) electrons. The molecule has 11 heavy (non-hydrogen) atoms. The van der Waals surface area contributed by atoms with Crippen molar-refractivity contribution in [3.63, 3.8) is 0 Å². The molecule has 0 aromatic rings. The molecule has 0 bridgehead atoms. The lowest BCUT2D eigenvalue weighted by Crippen LogP contribution is -2.03. The summed E-state index contributed by atoms with van der Waals surface area (Å²) in [5.74, 6) is -0.302. The van der Waals surface area contributed by atoms with Crippen LogP contribution in [0.5, 0.6) is 0 Å². The largest absolute Gasteiger partial charge is 0.433 e. The molecule has 0 amide bonds. The highest BCUT2D eigenvalue weighted by molar-refractivity contribution is 5.84. The fraction of sp³-hybridized carbons (Fsp3) is 0.500. The third-order valence-electron chi connectivity index (χ3n) is 1.30. The Labute approximate surface area is 65.8 Å². The number of unbranched alkanes of at least 4 members (excludes halogenated alkanes) is 1. The first kappa shape index (κ1) is 7.98. The van der Waals surface area contributed by atoms with Gasteiger partial charge >= 0.3 is 5.97 Å². The maximum absolute atomic E-state index is 10.5. The van der Waals surface area contributed by atoms with E-state index < -0.39 is 0 Å². The number of hydrogen-bond acceptors (Lipinski definition) is 3. The molecule has 0 spiro atoms. The third-order valence-corrected chi connectivity index (χ3v) is 1.30. The van der Waals surface area contributed by atoms with Crippen molar-refractivity contribution in [2.75, 3.05) is 0 Å². The monoisotopic (exact) mass is 153 g/mol. The first-order valence-corrected chi connectivity index (χ1v) is 3.73. The van der Waals surface area contributed by atoms with Gasteiger partial charge in [0.15, 0.2) is 0 Å². The molecule has 0 saturated heterocycles. The summed E-state index contributed by atoms with van der Waals surface area (Å²) in [5, 5.41) is 0. The number of nitrogens with zero attached hydrogens (tertiary/aromatic N) is 1. The molecule has 60 valence electrons. The fourth-order valence-electron chi connectivity index (χ4n) is 0.746. The van der Waals surface area contributed by atoms with Gasteiger partial charge in [-0.3, -0.25) is 4.99 Å². The average molecular weight is 153 g/mol. The van der Waals surface area contributed by atoms with Gasteiger partial charge in [0.05, 0.1) is 0 Å². The lowest BCUT2D eigenvalue weighted by Gasteiger charge is -1.99. The third kappa shape index (κ3) is 2.53. The molecular formula is C8H11NO2. The van der Waals surface area contributed by atoms with Crippen LogP contribution < -0.4 is 0 Å². The summed E-state index contributed by atoms with van der Waals surface area (Å²) in [5.41, 5.74) is 0. The average Bonchev–Trinajstić information content (AvgIpc) is 2.37. The summed E-state index contributed by atoms with van der Waals surface area (Å²) >= 11 is 0. The Morgan fingerprint density at radius 2 is 2.64 bits per heavy atom. The van der Waals surface area contributed by atoms with Gasteiger partial charge in [0.1, 0.15) is 0 Å². The minimum Gasteiger partial charge on any atom is -0.433 e. The SMILES string of the molecule is CCC/C=N\C1C=CC(=O)O1. The molecule has 3 nitrogen and oxygen atoms in total. The van der Waals surface area contributed by atoms with Crippen molar-refractivity contribution in [3.8, 4) is 0 Å². The van der Waals surface area contributed by atoms with Gasteiger partial charge in [0.2, 0.25) is 6.23 Å². The molecule has 1 atom stereocenters. The summed E-state index contributed by atoms with van der Waals surface area (Å²) in [6, 6.07) is 0. The van der Waals surface area contributed by atoms with Gasteiger partial charge in [-0.25, -0.2) is 4.79 Å². The van der Waals surface area contributed by atoms with Crippen molar-refractivity contribution in [3.05, 3.63) is 12.2 Å². The van der Waals surface area contributed by atoms with Crippen LogP contribution in [0.2, 0.25) is 0 Å². The lowest BCUT2D eigenvalue weighted by atomic mass is 10.4. The number of hydrogen-bond donors (Lipinski definition) is 0. The van der Waals surface area contributed by atoms with Crippen molar-refractivity contribution < 1.29 is 9.53 Å². The van der Waals surface area contributed by atoms with E-state index in [-0.39, 0.29) is 12.2 Å². The van der Waals surface area contributed by atoms with Gasteiger partial charge in [-0.1, -0.05) is 13.3 Å². The Bertz CT molecular complexity index is 196. The summed E-state index contributed by atoms with van der Waals surface area (Å²) in [6.07, 6.45) is 6.46. The molecule has 0 aliphatic carbocycles. The highest BCUT2D eigenvalue weighted by Gasteiger charge is 2.13. The van der Waals surface area contributed by atoms with Crippen molar-refractivity contribution in [2.24, 2.45) is 4.99 Å². The van der Waals surface area contributed by atoms with E-state index in [0.29, 0.717) is 0 Å². The first-order chi connectivity index (χ1) is 5.33. The van der Waals surface area contributed by atoms with Crippen molar-refractivity contribution in [1.82, 2.24) is 0 Å². The standard InChI is InChI=1S/C8H11NO2/c1-2-3-6-9-7-4-5-8(10)11-7/h4-7H,2-3H2,1H3/b9-6-. The Kier molecular flexibility index (Phi) is 2.83. The predicted octanol–water partition coefficient (Wildman–Crippen LogP) is 1.30. The van der Waals surface area contributed by atoms with Gasteiger partial charge < -0.3 is 4.74 Å². The molecule has 3 heteroatoms. The number of esters is 1. The Morgan fingerprint density at radius 1 is 1.82 bits per heavy atom. The zero-order valence-electron chi connectivity index (χ0n) is 6.49. The summed E-state index contributed by atoms with van der Waals surface area (Å²) in [7, 11) is 0. The van der Waals surface area contributed by atoms with Gasteiger partial charge in [-0.2, -0.15) is 0 Å². The van der Waals surface area contributed by atoms with Crippen LogP contribution in [0.1, 0.15) is 19.8 Å². The molecule has 1 aliphatic heterocycles. The van der Waals surface area contributed by atoms with Gasteiger partial charge in [0, 0.05) is 12.3 Å². The van der Waals surface area contributed by atoms with E-state index in [2.05, 4.69) is 11.9 Å². The summed E-state index contributed by atoms with van der Waals surface area (Å²) in [6.45, 7) is 2.07.